The first kappa shape index (κ1) is 17.9. The lowest BCUT2D eigenvalue weighted by Gasteiger charge is -2.21. The highest BCUT2D eigenvalue weighted by atomic mass is 16.3. The van der Waals surface area contributed by atoms with E-state index in [0.717, 1.165) is 24.1 Å². The van der Waals surface area contributed by atoms with E-state index in [1.165, 1.54) is 6.33 Å². The van der Waals surface area contributed by atoms with Crippen LogP contribution < -0.4 is 10.6 Å². The summed E-state index contributed by atoms with van der Waals surface area (Å²) in [6.07, 6.45) is 4.80. The fourth-order valence-corrected chi connectivity index (χ4v) is 2.28. The van der Waals surface area contributed by atoms with Crippen LogP contribution >= 0.6 is 0 Å². The van der Waals surface area contributed by atoms with Crippen molar-refractivity contribution in [3.63, 3.8) is 0 Å². The van der Waals surface area contributed by atoms with Gasteiger partial charge in [-0.25, -0.2) is 14.5 Å². The lowest BCUT2D eigenvalue weighted by atomic mass is 9.89. The number of nitrogens with one attached hydrogen (secondary N) is 2. The first-order chi connectivity index (χ1) is 11.5. The van der Waals surface area contributed by atoms with Crippen molar-refractivity contribution in [2.75, 3.05) is 18.5 Å². The summed E-state index contributed by atoms with van der Waals surface area (Å²) < 4.78 is 1.70. The first-order valence-corrected chi connectivity index (χ1v) is 8.06. The summed E-state index contributed by atoms with van der Waals surface area (Å²) in [4.78, 5) is 16.0. The fourth-order valence-electron chi connectivity index (χ4n) is 2.28. The van der Waals surface area contributed by atoms with E-state index < -0.39 is 0 Å². The van der Waals surface area contributed by atoms with Crippen LogP contribution in [0.1, 0.15) is 32.3 Å². The molecule has 0 saturated heterocycles. The molecule has 0 spiro atoms. The SMILES string of the molecule is CC(C)(CO)CCCNC(=O)Nc1ccccc1Cn1cncn1. The Hall–Kier alpha value is -2.41. The topological polar surface area (TPSA) is 92.1 Å². The van der Waals surface area contributed by atoms with E-state index >= 15 is 0 Å². The molecule has 0 radical (unpaired) electrons. The molecule has 1 aromatic heterocycles. The van der Waals surface area contributed by atoms with Gasteiger partial charge in [0.2, 0.25) is 0 Å². The molecule has 0 saturated carbocycles. The minimum Gasteiger partial charge on any atom is -0.396 e. The van der Waals surface area contributed by atoms with Crippen LogP contribution in [-0.4, -0.2) is 39.1 Å². The number of para-hydroxylation sites is 1. The molecule has 2 amide bonds. The lowest BCUT2D eigenvalue weighted by Crippen LogP contribution is -2.31. The number of aliphatic hydroxyl groups is 1. The van der Waals surface area contributed by atoms with Gasteiger partial charge in [-0.3, -0.25) is 0 Å². The molecule has 7 heteroatoms. The van der Waals surface area contributed by atoms with E-state index in [1.54, 1.807) is 11.0 Å². The number of carbonyl (C=O) groups excluding carboxylic acids is 1. The minimum absolute atomic E-state index is 0.109. The molecule has 3 N–H and O–H groups in total. The zero-order valence-electron chi connectivity index (χ0n) is 14.2. The molecule has 0 atom stereocenters. The van der Waals surface area contributed by atoms with Crippen molar-refractivity contribution in [2.45, 2.75) is 33.2 Å². The van der Waals surface area contributed by atoms with Crippen LogP contribution in [0.3, 0.4) is 0 Å². The number of carbonyl (C=O) groups is 1. The van der Waals surface area contributed by atoms with Gasteiger partial charge in [0.15, 0.2) is 0 Å². The Morgan fingerprint density at radius 3 is 2.83 bits per heavy atom. The molecular formula is C17H25N5O2. The first-order valence-electron chi connectivity index (χ1n) is 8.06. The standard InChI is InChI=1S/C17H25N5O2/c1-17(2,11-23)8-5-9-19-16(24)21-15-7-4-3-6-14(15)10-22-13-18-12-20-22/h3-4,6-7,12-13,23H,5,8-11H2,1-2H3,(H2,19,21,24). The largest absolute Gasteiger partial charge is 0.396 e. The molecule has 0 aliphatic rings. The number of hydrogen-bond acceptors (Lipinski definition) is 4. The number of anilines is 1. The molecule has 1 aromatic carbocycles. The van der Waals surface area contributed by atoms with Crippen molar-refractivity contribution in [3.8, 4) is 0 Å². The highest BCUT2D eigenvalue weighted by Gasteiger charge is 2.15. The van der Waals surface area contributed by atoms with Gasteiger partial charge in [0.05, 0.1) is 6.54 Å². The van der Waals surface area contributed by atoms with Crippen molar-refractivity contribution in [1.82, 2.24) is 20.1 Å². The predicted molar refractivity (Wildman–Crippen MR) is 92.7 cm³/mol. The number of urea groups is 1. The lowest BCUT2D eigenvalue weighted by molar-refractivity contribution is 0.148. The molecule has 1 heterocycles. The molecule has 0 unspecified atom stereocenters. The Kier molecular flexibility index (Phi) is 6.31. The number of hydrogen-bond donors (Lipinski definition) is 3. The van der Waals surface area contributed by atoms with Gasteiger partial charge in [0, 0.05) is 18.8 Å². The highest BCUT2D eigenvalue weighted by molar-refractivity contribution is 5.90. The second kappa shape index (κ2) is 8.44. The minimum atomic E-state index is -0.233. The fraction of sp³-hybridized carbons (Fsp3) is 0.471. The Morgan fingerprint density at radius 1 is 1.33 bits per heavy atom. The third-order valence-corrected chi connectivity index (χ3v) is 3.81. The smallest absolute Gasteiger partial charge is 0.319 e. The third-order valence-electron chi connectivity index (χ3n) is 3.81. The summed E-state index contributed by atoms with van der Waals surface area (Å²) in [6.45, 7) is 5.28. The van der Waals surface area contributed by atoms with Crippen LogP contribution in [0.5, 0.6) is 0 Å². The van der Waals surface area contributed by atoms with Crippen LogP contribution in [0.15, 0.2) is 36.9 Å². The molecule has 7 nitrogen and oxygen atoms in total. The van der Waals surface area contributed by atoms with Gasteiger partial charge < -0.3 is 15.7 Å². The number of rotatable bonds is 8. The predicted octanol–water partition coefficient (Wildman–Crippen LogP) is 2.25. The maximum atomic E-state index is 12.1. The van der Waals surface area contributed by atoms with E-state index in [2.05, 4.69) is 20.7 Å². The van der Waals surface area contributed by atoms with Gasteiger partial charge in [-0.1, -0.05) is 32.0 Å². The second-order valence-electron chi connectivity index (χ2n) is 6.56. The monoisotopic (exact) mass is 331 g/mol. The average molecular weight is 331 g/mol. The van der Waals surface area contributed by atoms with Crippen LogP contribution in [0.25, 0.3) is 0 Å². The second-order valence-corrected chi connectivity index (χ2v) is 6.56. The molecule has 24 heavy (non-hydrogen) atoms. The number of amides is 2. The molecule has 130 valence electrons. The van der Waals surface area contributed by atoms with Gasteiger partial charge in [-0.05, 0) is 29.9 Å². The van der Waals surface area contributed by atoms with E-state index in [-0.39, 0.29) is 18.1 Å². The normalized spacial score (nSPS) is 11.3. The van der Waals surface area contributed by atoms with Crippen molar-refractivity contribution in [1.29, 1.82) is 0 Å². The third kappa shape index (κ3) is 5.66. The molecule has 0 bridgehead atoms. The summed E-state index contributed by atoms with van der Waals surface area (Å²) in [6, 6.07) is 7.38. The summed E-state index contributed by atoms with van der Waals surface area (Å²) in [5.41, 5.74) is 1.60. The number of aliphatic hydroxyl groups excluding tert-OH is 1. The molecule has 2 rings (SSSR count). The van der Waals surface area contributed by atoms with E-state index in [9.17, 15) is 9.90 Å². The number of aromatic nitrogens is 3. The molecular weight excluding hydrogens is 306 g/mol. The summed E-state index contributed by atoms with van der Waals surface area (Å²) in [7, 11) is 0. The molecule has 0 aliphatic heterocycles. The summed E-state index contributed by atoms with van der Waals surface area (Å²) in [5, 5.41) is 19.0. The Balaban J connectivity index is 1.83. The van der Waals surface area contributed by atoms with E-state index in [0.29, 0.717) is 13.1 Å². The van der Waals surface area contributed by atoms with Gasteiger partial charge in [-0.2, -0.15) is 5.10 Å². The van der Waals surface area contributed by atoms with Crippen LogP contribution in [0, 0.1) is 5.41 Å². The van der Waals surface area contributed by atoms with E-state index in [4.69, 9.17) is 0 Å². The van der Waals surface area contributed by atoms with Gasteiger partial charge in [0.1, 0.15) is 12.7 Å². The van der Waals surface area contributed by atoms with Crippen molar-refractivity contribution in [3.05, 3.63) is 42.5 Å². The summed E-state index contributed by atoms with van der Waals surface area (Å²) >= 11 is 0. The van der Waals surface area contributed by atoms with Crippen molar-refractivity contribution < 1.29 is 9.90 Å². The van der Waals surface area contributed by atoms with Gasteiger partial charge in [-0.15, -0.1) is 0 Å². The molecule has 0 fully saturated rings. The van der Waals surface area contributed by atoms with Gasteiger partial charge >= 0.3 is 6.03 Å². The number of benzene rings is 1. The molecule has 2 aromatic rings. The zero-order chi connectivity index (χ0) is 17.4. The Labute approximate surface area is 142 Å². The maximum Gasteiger partial charge on any atom is 0.319 e. The quantitative estimate of drug-likeness (QED) is 0.647. The maximum absolute atomic E-state index is 12.1. The Bertz CT molecular complexity index is 640. The van der Waals surface area contributed by atoms with Crippen molar-refractivity contribution >= 4 is 11.7 Å². The van der Waals surface area contributed by atoms with Crippen LogP contribution in [0.2, 0.25) is 0 Å². The highest BCUT2D eigenvalue weighted by Crippen LogP contribution is 2.20. The van der Waals surface area contributed by atoms with E-state index in [1.807, 2.05) is 38.1 Å². The van der Waals surface area contributed by atoms with Gasteiger partial charge in [0.25, 0.3) is 0 Å². The zero-order valence-corrected chi connectivity index (χ0v) is 14.2. The van der Waals surface area contributed by atoms with Crippen LogP contribution in [0.4, 0.5) is 10.5 Å². The van der Waals surface area contributed by atoms with Crippen LogP contribution in [-0.2, 0) is 6.54 Å². The Morgan fingerprint density at radius 2 is 2.12 bits per heavy atom. The summed E-state index contributed by atoms with van der Waals surface area (Å²) in [5.74, 6) is 0. The average Bonchev–Trinajstić information content (AvgIpc) is 3.06. The van der Waals surface area contributed by atoms with Crippen molar-refractivity contribution in [2.24, 2.45) is 5.41 Å². The number of nitrogens with zero attached hydrogens (tertiary/aromatic N) is 3. The molecule has 0 aliphatic carbocycles.